The first-order valence-electron chi connectivity index (χ1n) is 7.34. The molecule has 0 heterocycles. The zero-order chi connectivity index (χ0) is 14.9. The minimum absolute atomic E-state index is 0. The minimum atomic E-state index is -0.0146. The first kappa shape index (κ1) is 18.1. The maximum atomic E-state index is 2.21. The van der Waals surface area contributed by atoms with Crippen LogP contribution in [0, 0.1) is 0 Å². The molecular formula is C21H25S+. The third-order valence-electron chi connectivity index (χ3n) is 2.94. The van der Waals surface area contributed by atoms with E-state index in [4.69, 9.17) is 0 Å². The Morgan fingerprint density at radius 2 is 0.682 bits per heavy atom. The normalized spacial score (nSPS) is 9.41. The highest BCUT2D eigenvalue weighted by Crippen LogP contribution is 2.30. The summed E-state index contributed by atoms with van der Waals surface area (Å²) in [5.41, 5.74) is 0. The molecule has 0 spiro atoms. The summed E-state index contributed by atoms with van der Waals surface area (Å²) < 4.78 is 0. The van der Waals surface area contributed by atoms with Crippen molar-refractivity contribution in [3.8, 4) is 0 Å². The maximum Gasteiger partial charge on any atom is 0.166 e. The van der Waals surface area contributed by atoms with Gasteiger partial charge in [-0.15, -0.1) is 0 Å². The summed E-state index contributed by atoms with van der Waals surface area (Å²) in [5.74, 6) is 0. The van der Waals surface area contributed by atoms with Gasteiger partial charge in [0.25, 0.3) is 0 Å². The Balaban J connectivity index is 0.000000775. The lowest BCUT2D eigenvalue weighted by molar-refractivity contribution is 1.32. The summed E-state index contributed by atoms with van der Waals surface area (Å²) in [6, 6.07) is 32.2. The molecule has 0 saturated carbocycles. The largest absolute Gasteiger partial charge is 0.166 e. The van der Waals surface area contributed by atoms with E-state index in [1.54, 1.807) is 0 Å². The third kappa shape index (κ3) is 4.51. The topological polar surface area (TPSA) is 0 Å². The predicted octanol–water partition coefficient (Wildman–Crippen LogP) is 6.44. The van der Waals surface area contributed by atoms with Crippen molar-refractivity contribution in [2.45, 2.75) is 36.0 Å². The van der Waals surface area contributed by atoms with E-state index in [2.05, 4.69) is 91.0 Å². The van der Waals surface area contributed by atoms with E-state index in [0.29, 0.717) is 0 Å². The zero-order valence-corrected chi connectivity index (χ0v) is 13.4. The van der Waals surface area contributed by atoms with Crippen LogP contribution in [-0.2, 0) is 10.9 Å². The highest BCUT2D eigenvalue weighted by atomic mass is 32.2. The van der Waals surface area contributed by atoms with E-state index in [9.17, 15) is 0 Å². The van der Waals surface area contributed by atoms with Crippen LogP contribution in [0.1, 0.15) is 21.3 Å². The van der Waals surface area contributed by atoms with Crippen molar-refractivity contribution in [1.29, 1.82) is 0 Å². The molecule has 3 aromatic carbocycles. The molecule has 0 radical (unpaired) electrons. The lowest BCUT2D eigenvalue weighted by Gasteiger charge is -2.07. The monoisotopic (exact) mass is 309 g/mol. The van der Waals surface area contributed by atoms with Gasteiger partial charge in [-0.05, 0) is 36.4 Å². The van der Waals surface area contributed by atoms with Crippen molar-refractivity contribution >= 4 is 10.9 Å². The summed E-state index contributed by atoms with van der Waals surface area (Å²) in [6.45, 7) is 4.00. The molecule has 0 atom stereocenters. The van der Waals surface area contributed by atoms with Crippen molar-refractivity contribution in [3.05, 3.63) is 91.0 Å². The SMILES string of the molecule is C.CC.c1ccc([S+](c2ccccc2)c2ccccc2)cc1. The minimum Gasteiger partial charge on any atom is -0.0776 e. The lowest BCUT2D eigenvalue weighted by atomic mass is 10.4. The number of benzene rings is 3. The smallest absolute Gasteiger partial charge is 0.0776 e. The van der Waals surface area contributed by atoms with Crippen LogP contribution in [0.2, 0.25) is 0 Å². The van der Waals surface area contributed by atoms with Crippen LogP contribution < -0.4 is 0 Å². The van der Waals surface area contributed by atoms with Gasteiger partial charge in [-0.25, -0.2) is 0 Å². The highest BCUT2D eigenvalue weighted by Gasteiger charge is 2.27. The maximum absolute atomic E-state index is 2.21. The molecule has 0 aromatic heterocycles. The van der Waals surface area contributed by atoms with Gasteiger partial charge in [0.1, 0.15) is 0 Å². The molecular weight excluding hydrogens is 284 g/mol. The van der Waals surface area contributed by atoms with E-state index >= 15 is 0 Å². The summed E-state index contributed by atoms with van der Waals surface area (Å²) in [7, 11) is -0.0146. The Bertz CT molecular complexity index is 524. The fraction of sp³-hybridized carbons (Fsp3) is 0.143. The molecule has 0 aliphatic rings. The van der Waals surface area contributed by atoms with Gasteiger partial charge in [0, 0.05) is 0 Å². The van der Waals surface area contributed by atoms with Crippen LogP contribution in [0.4, 0.5) is 0 Å². The van der Waals surface area contributed by atoms with Gasteiger partial charge in [0.2, 0.25) is 0 Å². The van der Waals surface area contributed by atoms with Gasteiger partial charge < -0.3 is 0 Å². The molecule has 0 N–H and O–H groups in total. The molecule has 0 amide bonds. The van der Waals surface area contributed by atoms with E-state index in [-0.39, 0.29) is 18.3 Å². The summed E-state index contributed by atoms with van der Waals surface area (Å²) in [4.78, 5) is 4.08. The molecule has 0 nitrogen and oxygen atoms in total. The number of rotatable bonds is 3. The fourth-order valence-corrected chi connectivity index (χ4v) is 4.18. The molecule has 1 heteroatoms. The fourth-order valence-electron chi connectivity index (χ4n) is 2.08. The van der Waals surface area contributed by atoms with Gasteiger partial charge in [-0.3, -0.25) is 0 Å². The second-order valence-electron chi connectivity index (χ2n) is 4.25. The van der Waals surface area contributed by atoms with Crippen LogP contribution in [-0.4, -0.2) is 0 Å². The summed E-state index contributed by atoms with van der Waals surface area (Å²) in [5, 5.41) is 0. The van der Waals surface area contributed by atoms with Gasteiger partial charge in [-0.2, -0.15) is 0 Å². The van der Waals surface area contributed by atoms with Crippen LogP contribution in [0.5, 0.6) is 0 Å². The molecule has 0 aliphatic heterocycles. The molecule has 3 rings (SSSR count). The Labute approximate surface area is 138 Å². The molecule has 0 saturated heterocycles. The Hall–Kier alpha value is -1.99. The quantitative estimate of drug-likeness (QED) is 0.488. The average Bonchev–Trinajstić information content (AvgIpc) is 2.60. The molecule has 0 fully saturated rings. The Morgan fingerprint density at radius 1 is 0.455 bits per heavy atom. The molecule has 0 unspecified atom stereocenters. The molecule has 22 heavy (non-hydrogen) atoms. The van der Waals surface area contributed by atoms with Crippen molar-refractivity contribution in [3.63, 3.8) is 0 Å². The average molecular weight is 309 g/mol. The summed E-state index contributed by atoms with van der Waals surface area (Å²) >= 11 is 0. The van der Waals surface area contributed by atoms with Crippen molar-refractivity contribution in [1.82, 2.24) is 0 Å². The highest BCUT2D eigenvalue weighted by molar-refractivity contribution is 7.97. The van der Waals surface area contributed by atoms with Crippen LogP contribution >= 0.6 is 0 Å². The van der Waals surface area contributed by atoms with E-state index < -0.39 is 0 Å². The zero-order valence-electron chi connectivity index (χ0n) is 12.6. The van der Waals surface area contributed by atoms with Gasteiger partial charge in [-0.1, -0.05) is 75.9 Å². The van der Waals surface area contributed by atoms with E-state index in [0.717, 1.165) is 0 Å². The predicted molar refractivity (Wildman–Crippen MR) is 99.6 cm³/mol. The molecule has 114 valence electrons. The lowest BCUT2D eigenvalue weighted by Crippen LogP contribution is -2.04. The van der Waals surface area contributed by atoms with Crippen LogP contribution in [0.3, 0.4) is 0 Å². The summed E-state index contributed by atoms with van der Waals surface area (Å²) in [6.07, 6.45) is 0. The van der Waals surface area contributed by atoms with Gasteiger partial charge >= 0.3 is 0 Å². The van der Waals surface area contributed by atoms with Crippen molar-refractivity contribution < 1.29 is 0 Å². The first-order valence-corrected chi connectivity index (χ1v) is 8.57. The van der Waals surface area contributed by atoms with Gasteiger partial charge in [0.05, 0.1) is 10.9 Å². The number of hydrogen-bond donors (Lipinski definition) is 0. The van der Waals surface area contributed by atoms with Crippen molar-refractivity contribution in [2.24, 2.45) is 0 Å². The van der Waals surface area contributed by atoms with E-state index in [1.165, 1.54) is 14.7 Å². The standard InChI is InChI=1S/C18H15S.C2H6.CH4/c1-4-10-16(11-5-1)19(17-12-6-2-7-13-17)18-14-8-3-9-15-18;1-2;/h1-15H;1-2H3;1H4/q+1;;. The molecule has 0 aliphatic carbocycles. The van der Waals surface area contributed by atoms with Crippen LogP contribution in [0.25, 0.3) is 0 Å². The van der Waals surface area contributed by atoms with Crippen LogP contribution in [0.15, 0.2) is 106 Å². The van der Waals surface area contributed by atoms with Crippen molar-refractivity contribution in [2.75, 3.05) is 0 Å². The Kier molecular flexibility index (Phi) is 8.09. The Morgan fingerprint density at radius 3 is 0.909 bits per heavy atom. The third-order valence-corrected chi connectivity index (χ3v) is 5.17. The first-order chi connectivity index (χ1) is 10.4. The van der Waals surface area contributed by atoms with Gasteiger partial charge in [0.15, 0.2) is 14.7 Å². The second-order valence-corrected chi connectivity index (χ2v) is 6.27. The van der Waals surface area contributed by atoms with E-state index in [1.807, 2.05) is 13.8 Å². The number of hydrogen-bond acceptors (Lipinski definition) is 0. The molecule has 3 aromatic rings. The second kappa shape index (κ2) is 9.86. The molecule has 0 bridgehead atoms.